The molecule has 142 valence electrons. The van der Waals surface area contributed by atoms with Crippen molar-refractivity contribution in [3.05, 3.63) is 84.2 Å². The van der Waals surface area contributed by atoms with Gasteiger partial charge >= 0.3 is 0 Å². The maximum atomic E-state index is 12.3. The van der Waals surface area contributed by atoms with Gasteiger partial charge in [0.1, 0.15) is 0 Å². The number of dihydropyridines is 1. The summed E-state index contributed by atoms with van der Waals surface area (Å²) in [6.07, 6.45) is 0. The molecule has 0 aliphatic carbocycles. The molecule has 1 unspecified atom stereocenters. The first-order valence-corrected chi connectivity index (χ1v) is 10.3. The molecule has 1 aliphatic rings. The molecule has 1 aliphatic heterocycles. The van der Waals surface area contributed by atoms with E-state index in [4.69, 9.17) is 0 Å². The summed E-state index contributed by atoms with van der Waals surface area (Å²) in [5.41, 5.74) is 2.65. The number of non-ortho nitro benzene ring substituents is 1. The number of hydrogen-bond acceptors (Lipinski definition) is 7. The molecule has 8 heteroatoms. The summed E-state index contributed by atoms with van der Waals surface area (Å²) in [5.74, 6) is 0.00456. The number of benzene rings is 1. The molecule has 2 aromatic rings. The number of nitriles is 1. The number of nitro groups is 1. The first-order chi connectivity index (χ1) is 13.4. The smallest absolute Gasteiger partial charge is 0.269 e. The third kappa shape index (κ3) is 4.01. The molecule has 1 atom stereocenters. The summed E-state index contributed by atoms with van der Waals surface area (Å²) in [4.78, 5) is 23.8. The minimum absolute atomic E-state index is 0.0376. The van der Waals surface area contributed by atoms with Crippen LogP contribution >= 0.6 is 23.1 Å². The van der Waals surface area contributed by atoms with Crippen LogP contribution in [0.4, 0.5) is 5.69 Å². The largest absolute Gasteiger partial charge is 0.353 e. The van der Waals surface area contributed by atoms with Gasteiger partial charge in [0.15, 0.2) is 5.78 Å². The van der Waals surface area contributed by atoms with Crippen LogP contribution < -0.4 is 5.32 Å². The van der Waals surface area contributed by atoms with Crippen LogP contribution in [-0.4, -0.2) is 10.7 Å². The van der Waals surface area contributed by atoms with E-state index in [-0.39, 0.29) is 11.5 Å². The molecule has 0 bridgehead atoms. The van der Waals surface area contributed by atoms with E-state index in [9.17, 15) is 20.2 Å². The lowest BCUT2D eigenvalue weighted by molar-refractivity contribution is -0.384. The Morgan fingerprint density at radius 3 is 2.79 bits per heavy atom. The van der Waals surface area contributed by atoms with Crippen LogP contribution in [0.2, 0.25) is 0 Å². The Bertz CT molecular complexity index is 1030. The topological polar surface area (TPSA) is 96.0 Å². The van der Waals surface area contributed by atoms with E-state index in [0.717, 1.165) is 16.1 Å². The molecule has 0 spiro atoms. The molecule has 6 nitrogen and oxygen atoms in total. The lowest BCUT2D eigenvalue weighted by Gasteiger charge is -2.28. The van der Waals surface area contributed by atoms with E-state index in [1.165, 1.54) is 42.2 Å². The number of nitrogens with one attached hydrogen (secondary N) is 1. The van der Waals surface area contributed by atoms with Gasteiger partial charge in [-0.25, -0.2) is 0 Å². The van der Waals surface area contributed by atoms with E-state index in [2.05, 4.69) is 11.4 Å². The predicted molar refractivity (Wildman–Crippen MR) is 111 cm³/mol. The first-order valence-electron chi connectivity index (χ1n) is 8.45. The third-order valence-corrected chi connectivity index (χ3v) is 6.38. The van der Waals surface area contributed by atoms with Crippen molar-refractivity contribution in [2.24, 2.45) is 0 Å². The number of Topliss-reactive ketones (excluding diaryl/α,β-unsaturated/α-hetero) is 1. The van der Waals surface area contributed by atoms with Gasteiger partial charge < -0.3 is 5.32 Å². The Balaban J connectivity index is 1.94. The van der Waals surface area contributed by atoms with Gasteiger partial charge in [-0.3, -0.25) is 14.9 Å². The monoisotopic (exact) mass is 411 g/mol. The number of thiophene rings is 1. The van der Waals surface area contributed by atoms with E-state index < -0.39 is 10.8 Å². The molecule has 0 saturated carbocycles. The molecule has 0 amide bonds. The molecule has 2 heterocycles. The Labute approximate surface area is 170 Å². The molecule has 0 fully saturated rings. The summed E-state index contributed by atoms with van der Waals surface area (Å²) < 4.78 is 0. The Morgan fingerprint density at radius 2 is 2.18 bits per heavy atom. The number of carbonyl (C=O) groups is 1. The Kier molecular flexibility index (Phi) is 5.97. The van der Waals surface area contributed by atoms with E-state index >= 15 is 0 Å². The van der Waals surface area contributed by atoms with Crippen LogP contribution in [0, 0.1) is 21.4 Å². The van der Waals surface area contributed by atoms with E-state index in [1.54, 1.807) is 6.07 Å². The van der Waals surface area contributed by atoms with E-state index in [1.807, 2.05) is 30.5 Å². The van der Waals surface area contributed by atoms with Crippen molar-refractivity contribution in [2.45, 2.75) is 25.5 Å². The molecule has 28 heavy (non-hydrogen) atoms. The Hall–Kier alpha value is -2.89. The zero-order valence-corrected chi connectivity index (χ0v) is 16.9. The number of ketones is 1. The zero-order chi connectivity index (χ0) is 20.3. The van der Waals surface area contributed by atoms with Gasteiger partial charge in [0.25, 0.3) is 5.69 Å². The number of thioether (sulfide) groups is 1. The highest BCUT2D eigenvalue weighted by Crippen LogP contribution is 2.42. The Morgan fingerprint density at radius 1 is 1.39 bits per heavy atom. The van der Waals surface area contributed by atoms with Gasteiger partial charge in [-0.05, 0) is 30.9 Å². The second-order valence-electron chi connectivity index (χ2n) is 6.24. The van der Waals surface area contributed by atoms with Crippen molar-refractivity contribution in [1.82, 2.24) is 5.32 Å². The van der Waals surface area contributed by atoms with Crippen LogP contribution in [0.15, 0.2) is 63.7 Å². The van der Waals surface area contributed by atoms with Crippen molar-refractivity contribution in [2.75, 3.05) is 0 Å². The summed E-state index contributed by atoms with van der Waals surface area (Å²) in [6.45, 7) is 3.34. The molecule has 1 aromatic carbocycles. The summed E-state index contributed by atoms with van der Waals surface area (Å²) in [5, 5.41) is 26.6. The van der Waals surface area contributed by atoms with Crippen LogP contribution in [0.5, 0.6) is 0 Å². The highest BCUT2D eigenvalue weighted by atomic mass is 32.2. The molecular weight excluding hydrogens is 394 g/mol. The quantitative estimate of drug-likeness (QED) is 0.538. The van der Waals surface area contributed by atoms with Gasteiger partial charge in [0, 0.05) is 34.0 Å². The average molecular weight is 412 g/mol. The lowest BCUT2D eigenvalue weighted by Crippen LogP contribution is -2.26. The molecule has 3 rings (SSSR count). The normalized spacial score (nSPS) is 16.5. The number of hydrogen-bond donors (Lipinski definition) is 1. The van der Waals surface area contributed by atoms with Crippen LogP contribution in [0.3, 0.4) is 0 Å². The first kappa shape index (κ1) is 19.9. The molecule has 0 saturated heterocycles. The number of carbonyl (C=O) groups excluding carboxylic acids is 1. The number of nitro benzene ring substituents is 1. The SMILES string of the molecule is CC(=O)C1=C(C)NC(SCc2cccc([N+](=O)[O-])c2)=C(C#N)C1c1cccs1. The summed E-state index contributed by atoms with van der Waals surface area (Å²) in [6, 6.07) is 12.5. The van der Waals surface area contributed by atoms with Crippen molar-refractivity contribution >= 4 is 34.6 Å². The lowest BCUT2D eigenvalue weighted by atomic mass is 9.85. The number of rotatable bonds is 6. The minimum Gasteiger partial charge on any atom is -0.353 e. The van der Waals surface area contributed by atoms with Crippen molar-refractivity contribution < 1.29 is 9.72 Å². The fourth-order valence-electron chi connectivity index (χ4n) is 3.15. The van der Waals surface area contributed by atoms with Gasteiger partial charge in [-0.1, -0.05) is 18.2 Å². The zero-order valence-electron chi connectivity index (χ0n) is 15.3. The predicted octanol–water partition coefficient (Wildman–Crippen LogP) is 4.87. The fourth-order valence-corrected chi connectivity index (χ4v) is 5.03. The van der Waals surface area contributed by atoms with Crippen LogP contribution in [-0.2, 0) is 10.5 Å². The molecule has 1 aromatic heterocycles. The van der Waals surface area contributed by atoms with Gasteiger partial charge in [0.05, 0.1) is 27.5 Å². The second kappa shape index (κ2) is 8.42. The van der Waals surface area contributed by atoms with Crippen molar-refractivity contribution in [3.8, 4) is 6.07 Å². The molecular formula is C20H17N3O3S2. The highest BCUT2D eigenvalue weighted by molar-refractivity contribution is 8.02. The van der Waals surface area contributed by atoms with E-state index in [0.29, 0.717) is 21.9 Å². The van der Waals surface area contributed by atoms with Crippen molar-refractivity contribution in [1.29, 1.82) is 5.26 Å². The van der Waals surface area contributed by atoms with Gasteiger partial charge in [0.2, 0.25) is 0 Å². The minimum atomic E-state index is -0.425. The second-order valence-corrected chi connectivity index (χ2v) is 8.20. The average Bonchev–Trinajstić information content (AvgIpc) is 3.20. The maximum Gasteiger partial charge on any atom is 0.269 e. The highest BCUT2D eigenvalue weighted by Gasteiger charge is 2.33. The van der Waals surface area contributed by atoms with Crippen LogP contribution in [0.25, 0.3) is 0 Å². The maximum absolute atomic E-state index is 12.3. The fraction of sp³-hybridized carbons (Fsp3) is 0.200. The molecule has 0 radical (unpaired) electrons. The summed E-state index contributed by atoms with van der Waals surface area (Å²) in [7, 11) is 0. The number of allylic oxidation sites excluding steroid dienone is 3. The summed E-state index contributed by atoms with van der Waals surface area (Å²) >= 11 is 2.91. The standard InChI is InChI=1S/C20H17N3O3S2/c1-12-18(13(2)24)19(17-7-4-8-27-17)16(10-21)20(22-12)28-11-14-5-3-6-15(9-14)23(25)26/h3-9,19,22H,11H2,1-2H3. The van der Waals surface area contributed by atoms with Crippen molar-refractivity contribution in [3.63, 3.8) is 0 Å². The number of nitrogens with zero attached hydrogens (tertiary/aromatic N) is 2. The van der Waals surface area contributed by atoms with Gasteiger partial charge in [-0.15, -0.1) is 23.1 Å². The molecule has 1 N–H and O–H groups in total. The van der Waals surface area contributed by atoms with Crippen LogP contribution in [0.1, 0.15) is 30.2 Å². The van der Waals surface area contributed by atoms with Gasteiger partial charge in [-0.2, -0.15) is 5.26 Å². The third-order valence-electron chi connectivity index (χ3n) is 4.36.